The fraction of sp³-hybridized carbons (Fsp3) is 1.00. The molecule has 0 radical (unpaired) electrons. The van der Waals surface area contributed by atoms with Crippen LogP contribution in [0.2, 0.25) is 0 Å². The van der Waals surface area contributed by atoms with Crippen molar-refractivity contribution in [2.75, 3.05) is 13.1 Å². The van der Waals surface area contributed by atoms with Crippen LogP contribution in [0.5, 0.6) is 0 Å². The van der Waals surface area contributed by atoms with Gasteiger partial charge in [-0.3, -0.25) is 0 Å². The van der Waals surface area contributed by atoms with Crippen molar-refractivity contribution in [2.45, 2.75) is 71.9 Å². The van der Waals surface area contributed by atoms with E-state index in [4.69, 9.17) is 0 Å². The highest BCUT2D eigenvalue weighted by Crippen LogP contribution is 2.39. The van der Waals surface area contributed by atoms with Crippen LogP contribution in [-0.2, 0) is 0 Å². The van der Waals surface area contributed by atoms with Gasteiger partial charge in [0.05, 0.1) is 25.2 Å². The van der Waals surface area contributed by atoms with E-state index in [1.165, 1.54) is 49.7 Å². The van der Waals surface area contributed by atoms with Gasteiger partial charge in [0.15, 0.2) is 0 Å². The van der Waals surface area contributed by atoms with E-state index in [0.717, 1.165) is 23.9 Å². The Labute approximate surface area is 102 Å². The molecule has 0 aliphatic carbocycles. The van der Waals surface area contributed by atoms with Gasteiger partial charge in [-0.1, -0.05) is 13.8 Å². The van der Waals surface area contributed by atoms with Crippen molar-refractivity contribution in [1.29, 1.82) is 0 Å². The zero-order valence-electron chi connectivity index (χ0n) is 11.7. The van der Waals surface area contributed by atoms with E-state index in [2.05, 4.69) is 27.7 Å². The van der Waals surface area contributed by atoms with E-state index in [1.54, 1.807) is 0 Å². The van der Waals surface area contributed by atoms with Crippen molar-refractivity contribution >= 4 is 0 Å². The van der Waals surface area contributed by atoms with Crippen molar-refractivity contribution in [3.8, 4) is 0 Å². The first kappa shape index (κ1) is 12.4. The first-order valence-electron chi connectivity index (χ1n) is 7.44. The molecule has 0 N–H and O–H groups in total. The highest BCUT2D eigenvalue weighted by Gasteiger charge is 2.46. The van der Waals surface area contributed by atoms with Gasteiger partial charge in [-0.25, -0.2) is 0 Å². The Bertz CT molecular complexity index is 212. The largest absolute Gasteiger partial charge is 0.319 e. The lowest BCUT2D eigenvalue weighted by Crippen LogP contribution is -2.63. The van der Waals surface area contributed by atoms with Gasteiger partial charge in [-0.2, -0.15) is 0 Å². The number of piperidine rings is 1. The standard InChI is InChI=1S/C15H30N/c1-12-8-9-13(2)15(4)16(14(12)3)10-6-5-7-11-16/h12-15H,5-11H2,1-4H3/q+1. The monoisotopic (exact) mass is 224 g/mol. The number of hydrogen-bond acceptors (Lipinski definition) is 0. The molecule has 1 nitrogen and oxygen atoms in total. The van der Waals surface area contributed by atoms with E-state index in [0.29, 0.717) is 0 Å². The molecular formula is C15H30N+. The Balaban J connectivity index is 2.27. The summed E-state index contributed by atoms with van der Waals surface area (Å²) in [5.74, 6) is 1.84. The molecule has 2 aliphatic rings. The summed E-state index contributed by atoms with van der Waals surface area (Å²) in [6.45, 7) is 13.0. The van der Waals surface area contributed by atoms with Crippen molar-refractivity contribution in [1.82, 2.24) is 0 Å². The highest BCUT2D eigenvalue weighted by atomic mass is 15.4. The molecule has 0 aromatic heterocycles. The summed E-state index contributed by atoms with van der Waals surface area (Å²) in [5.41, 5.74) is 0. The molecule has 0 aromatic rings. The molecule has 4 unspecified atom stereocenters. The smallest absolute Gasteiger partial charge is 0.0889 e. The summed E-state index contributed by atoms with van der Waals surface area (Å²) in [6.07, 6.45) is 7.31. The van der Waals surface area contributed by atoms with Crippen LogP contribution in [0.3, 0.4) is 0 Å². The van der Waals surface area contributed by atoms with Crippen LogP contribution >= 0.6 is 0 Å². The molecule has 2 rings (SSSR count). The number of hydrogen-bond donors (Lipinski definition) is 0. The van der Waals surface area contributed by atoms with E-state index >= 15 is 0 Å². The van der Waals surface area contributed by atoms with Crippen LogP contribution in [0.1, 0.15) is 59.8 Å². The molecular weight excluding hydrogens is 194 g/mol. The zero-order chi connectivity index (χ0) is 11.8. The summed E-state index contributed by atoms with van der Waals surface area (Å²) < 4.78 is 1.45. The van der Waals surface area contributed by atoms with E-state index < -0.39 is 0 Å². The fourth-order valence-electron chi connectivity index (χ4n) is 4.31. The van der Waals surface area contributed by atoms with Crippen LogP contribution in [0.25, 0.3) is 0 Å². The lowest BCUT2D eigenvalue weighted by Gasteiger charge is -2.52. The summed E-state index contributed by atoms with van der Waals surface area (Å²) in [4.78, 5) is 0. The molecule has 1 heteroatoms. The van der Waals surface area contributed by atoms with Crippen molar-refractivity contribution in [2.24, 2.45) is 11.8 Å². The first-order chi connectivity index (χ1) is 7.58. The minimum Gasteiger partial charge on any atom is -0.319 e. The summed E-state index contributed by atoms with van der Waals surface area (Å²) in [7, 11) is 0. The van der Waals surface area contributed by atoms with Crippen LogP contribution in [0.4, 0.5) is 0 Å². The highest BCUT2D eigenvalue weighted by molar-refractivity contribution is 4.77. The van der Waals surface area contributed by atoms with Crippen LogP contribution in [-0.4, -0.2) is 29.7 Å². The molecule has 4 atom stereocenters. The molecule has 2 aliphatic heterocycles. The molecule has 16 heavy (non-hydrogen) atoms. The van der Waals surface area contributed by atoms with Crippen molar-refractivity contribution < 1.29 is 4.48 Å². The third kappa shape index (κ3) is 1.92. The average Bonchev–Trinajstić information content (AvgIpc) is 2.39. The van der Waals surface area contributed by atoms with Gasteiger partial charge in [0.2, 0.25) is 0 Å². The predicted octanol–water partition coefficient (Wildman–Crippen LogP) is 3.83. The molecule has 2 heterocycles. The molecule has 0 bridgehead atoms. The molecule has 0 aromatic carbocycles. The second kappa shape index (κ2) is 4.68. The minimum absolute atomic E-state index is 0.889. The van der Waals surface area contributed by atoms with Gasteiger partial charge in [0.25, 0.3) is 0 Å². The predicted molar refractivity (Wildman–Crippen MR) is 70.3 cm³/mol. The second-order valence-corrected chi connectivity index (χ2v) is 6.62. The molecule has 1 spiro atoms. The van der Waals surface area contributed by atoms with Gasteiger partial charge < -0.3 is 4.48 Å². The van der Waals surface area contributed by atoms with Crippen molar-refractivity contribution in [3.63, 3.8) is 0 Å². The van der Waals surface area contributed by atoms with Gasteiger partial charge in [-0.05, 0) is 46.0 Å². The summed E-state index contributed by atoms with van der Waals surface area (Å²) in [6, 6.07) is 1.78. The number of quaternary nitrogens is 1. The van der Waals surface area contributed by atoms with Crippen LogP contribution in [0.15, 0.2) is 0 Å². The molecule has 2 saturated heterocycles. The minimum atomic E-state index is 0.889. The average molecular weight is 224 g/mol. The molecule has 0 amide bonds. The Morgan fingerprint density at radius 3 is 1.56 bits per heavy atom. The maximum atomic E-state index is 2.53. The number of nitrogens with zero attached hydrogens (tertiary/aromatic N) is 1. The van der Waals surface area contributed by atoms with E-state index in [1.807, 2.05) is 0 Å². The summed E-state index contributed by atoms with van der Waals surface area (Å²) >= 11 is 0. The van der Waals surface area contributed by atoms with Gasteiger partial charge in [0, 0.05) is 11.8 Å². The van der Waals surface area contributed by atoms with Crippen LogP contribution in [0, 0.1) is 11.8 Å². The third-order valence-electron chi connectivity index (χ3n) is 6.00. The Kier molecular flexibility index (Phi) is 3.63. The van der Waals surface area contributed by atoms with Gasteiger partial charge in [-0.15, -0.1) is 0 Å². The number of rotatable bonds is 0. The third-order valence-corrected chi connectivity index (χ3v) is 6.00. The maximum Gasteiger partial charge on any atom is 0.0889 e. The molecule has 2 fully saturated rings. The Morgan fingerprint density at radius 2 is 1.12 bits per heavy atom. The molecule has 94 valence electrons. The van der Waals surface area contributed by atoms with Gasteiger partial charge in [0.1, 0.15) is 0 Å². The normalized spacial score (nSPS) is 44.2. The zero-order valence-corrected chi connectivity index (χ0v) is 11.7. The summed E-state index contributed by atoms with van der Waals surface area (Å²) in [5, 5.41) is 0. The fourth-order valence-corrected chi connectivity index (χ4v) is 4.31. The van der Waals surface area contributed by atoms with Gasteiger partial charge >= 0.3 is 0 Å². The van der Waals surface area contributed by atoms with E-state index in [9.17, 15) is 0 Å². The second-order valence-electron chi connectivity index (χ2n) is 6.62. The van der Waals surface area contributed by atoms with Crippen molar-refractivity contribution in [3.05, 3.63) is 0 Å². The molecule has 0 saturated carbocycles. The SMILES string of the molecule is CC1CCC(C)C(C)[N+]2(CCCCC2)C1C. The van der Waals surface area contributed by atoms with E-state index in [-0.39, 0.29) is 0 Å². The topological polar surface area (TPSA) is 0 Å². The first-order valence-corrected chi connectivity index (χ1v) is 7.44. The quantitative estimate of drug-likeness (QED) is 0.549. The maximum absolute atomic E-state index is 2.53. The lowest BCUT2D eigenvalue weighted by molar-refractivity contribution is -0.978. The van der Waals surface area contributed by atoms with Crippen LogP contribution < -0.4 is 0 Å². The Hall–Kier alpha value is -0.0400. The lowest BCUT2D eigenvalue weighted by atomic mass is 9.93. The Morgan fingerprint density at radius 1 is 0.688 bits per heavy atom.